The van der Waals surface area contributed by atoms with Crippen LogP contribution in [0.2, 0.25) is 0 Å². The van der Waals surface area contributed by atoms with Gasteiger partial charge in [-0.15, -0.1) is 6.42 Å². The molecule has 1 fully saturated rings. The van der Waals surface area contributed by atoms with Crippen molar-refractivity contribution < 1.29 is 9.90 Å². The lowest BCUT2D eigenvalue weighted by molar-refractivity contribution is -0.129. The van der Waals surface area contributed by atoms with E-state index in [2.05, 4.69) is 5.92 Å². The van der Waals surface area contributed by atoms with Crippen LogP contribution in [0, 0.1) is 12.3 Å². The number of aliphatic hydroxyl groups is 1. The van der Waals surface area contributed by atoms with Crippen molar-refractivity contribution in [2.75, 3.05) is 13.1 Å². The number of carbonyl (C=O) groups excluding carboxylic acids is 1. The smallest absolute Gasteiger partial charge is 0.234 e. The van der Waals surface area contributed by atoms with Gasteiger partial charge in [-0.25, -0.2) is 0 Å². The van der Waals surface area contributed by atoms with Gasteiger partial charge in [0.2, 0.25) is 5.91 Å². The summed E-state index contributed by atoms with van der Waals surface area (Å²) in [5.74, 6) is 2.24. The molecule has 3 nitrogen and oxygen atoms in total. The highest BCUT2D eigenvalue weighted by atomic mass is 16.3. The number of hydrogen-bond donors (Lipinski definition) is 1. The number of nitrogens with zero attached hydrogens (tertiary/aromatic N) is 1. The summed E-state index contributed by atoms with van der Waals surface area (Å²) in [6.45, 7) is 2.76. The van der Waals surface area contributed by atoms with E-state index in [0.29, 0.717) is 19.5 Å². The Kier molecular flexibility index (Phi) is 2.39. The summed E-state index contributed by atoms with van der Waals surface area (Å²) in [6.07, 6.45) is 5.78. The Morgan fingerprint density at radius 1 is 1.83 bits per heavy atom. The maximum Gasteiger partial charge on any atom is 0.234 e. The summed E-state index contributed by atoms with van der Waals surface area (Å²) >= 11 is 0. The molecular formula is C9H13NO2. The second-order valence-corrected chi connectivity index (χ2v) is 3.44. The molecule has 1 unspecified atom stereocenters. The predicted octanol–water partition coefficient (Wildman–Crippen LogP) is -0.00700. The fourth-order valence-corrected chi connectivity index (χ4v) is 1.36. The summed E-state index contributed by atoms with van der Waals surface area (Å²) in [6, 6.07) is 0. The molecule has 0 aromatic heterocycles. The van der Waals surface area contributed by atoms with Crippen LogP contribution >= 0.6 is 0 Å². The molecule has 1 aliphatic rings. The molecule has 0 saturated carbocycles. The van der Waals surface area contributed by atoms with Crippen LogP contribution in [0.15, 0.2) is 0 Å². The van der Waals surface area contributed by atoms with Crippen LogP contribution in [0.1, 0.15) is 19.8 Å². The molecule has 0 bridgehead atoms. The molecule has 1 N–H and O–H groups in total. The quantitative estimate of drug-likeness (QED) is 0.558. The molecule has 66 valence electrons. The Bertz CT molecular complexity index is 227. The van der Waals surface area contributed by atoms with Crippen molar-refractivity contribution in [1.82, 2.24) is 4.90 Å². The summed E-state index contributed by atoms with van der Waals surface area (Å²) in [7, 11) is 0. The van der Waals surface area contributed by atoms with Gasteiger partial charge in [-0.2, -0.15) is 0 Å². The first kappa shape index (κ1) is 9.08. The van der Waals surface area contributed by atoms with E-state index < -0.39 is 5.60 Å². The van der Waals surface area contributed by atoms with Gasteiger partial charge in [-0.1, -0.05) is 5.92 Å². The summed E-state index contributed by atoms with van der Waals surface area (Å²) in [4.78, 5) is 12.8. The van der Waals surface area contributed by atoms with E-state index in [-0.39, 0.29) is 12.3 Å². The minimum absolute atomic E-state index is 0.0599. The molecular weight excluding hydrogens is 154 g/mol. The average Bonchev–Trinajstić information content (AvgIpc) is 2.31. The first-order valence-corrected chi connectivity index (χ1v) is 3.99. The molecule has 0 spiro atoms. The van der Waals surface area contributed by atoms with Crippen molar-refractivity contribution in [1.29, 1.82) is 0 Å². The molecule has 1 rings (SSSR count). The van der Waals surface area contributed by atoms with Gasteiger partial charge in [0, 0.05) is 13.1 Å². The molecule has 0 radical (unpaired) electrons. The Balaban J connectivity index is 2.48. The van der Waals surface area contributed by atoms with E-state index in [0.717, 1.165) is 0 Å². The van der Waals surface area contributed by atoms with Crippen LogP contribution in [-0.2, 0) is 4.79 Å². The second kappa shape index (κ2) is 3.16. The van der Waals surface area contributed by atoms with E-state index in [1.54, 1.807) is 11.8 Å². The molecule has 3 heteroatoms. The Morgan fingerprint density at radius 2 is 2.50 bits per heavy atom. The van der Waals surface area contributed by atoms with E-state index in [1.807, 2.05) is 0 Å². The minimum atomic E-state index is -0.718. The van der Waals surface area contributed by atoms with Crippen LogP contribution in [0.3, 0.4) is 0 Å². The zero-order valence-electron chi connectivity index (χ0n) is 7.21. The van der Waals surface area contributed by atoms with Crippen molar-refractivity contribution in [3.63, 3.8) is 0 Å². The highest BCUT2D eigenvalue weighted by Gasteiger charge is 2.33. The van der Waals surface area contributed by atoms with Crippen molar-refractivity contribution in [3.8, 4) is 12.3 Å². The molecule has 1 saturated heterocycles. The van der Waals surface area contributed by atoms with Crippen LogP contribution in [0.25, 0.3) is 0 Å². The highest BCUT2D eigenvalue weighted by molar-refractivity contribution is 5.78. The van der Waals surface area contributed by atoms with Crippen LogP contribution in [-0.4, -0.2) is 34.6 Å². The van der Waals surface area contributed by atoms with E-state index >= 15 is 0 Å². The molecule has 1 atom stereocenters. The second-order valence-electron chi connectivity index (χ2n) is 3.44. The number of hydrogen-bond acceptors (Lipinski definition) is 2. The monoisotopic (exact) mass is 167 g/mol. The Morgan fingerprint density at radius 3 is 2.92 bits per heavy atom. The number of likely N-dealkylation sites (tertiary alicyclic amines) is 1. The highest BCUT2D eigenvalue weighted by Crippen LogP contribution is 2.20. The van der Waals surface area contributed by atoms with Gasteiger partial charge in [0.15, 0.2) is 0 Å². The normalized spacial score (nSPS) is 28.6. The summed E-state index contributed by atoms with van der Waals surface area (Å²) in [5.41, 5.74) is -0.718. The van der Waals surface area contributed by atoms with Crippen molar-refractivity contribution in [3.05, 3.63) is 0 Å². The number of rotatable bonds is 1. The molecule has 0 aliphatic carbocycles. The summed E-state index contributed by atoms with van der Waals surface area (Å²) < 4.78 is 0. The van der Waals surface area contributed by atoms with Crippen LogP contribution in [0.4, 0.5) is 0 Å². The standard InChI is InChI=1S/C9H13NO2/c1-3-4-8(11)10-6-5-9(2,12)7-10/h1,12H,4-7H2,2H3. The van der Waals surface area contributed by atoms with Crippen molar-refractivity contribution >= 4 is 5.91 Å². The zero-order chi connectivity index (χ0) is 9.19. The predicted molar refractivity (Wildman–Crippen MR) is 45.3 cm³/mol. The minimum Gasteiger partial charge on any atom is -0.388 e. The molecule has 1 heterocycles. The zero-order valence-corrected chi connectivity index (χ0v) is 7.21. The molecule has 1 amide bonds. The van der Waals surface area contributed by atoms with E-state index in [4.69, 9.17) is 6.42 Å². The first-order chi connectivity index (χ1) is 5.55. The lowest BCUT2D eigenvalue weighted by Crippen LogP contribution is -2.33. The van der Waals surface area contributed by atoms with Gasteiger partial charge < -0.3 is 10.0 Å². The van der Waals surface area contributed by atoms with Gasteiger partial charge in [0.1, 0.15) is 0 Å². The van der Waals surface area contributed by atoms with E-state index in [1.165, 1.54) is 0 Å². The third kappa shape index (κ3) is 1.99. The molecule has 0 aromatic rings. The fourth-order valence-electron chi connectivity index (χ4n) is 1.36. The number of amides is 1. The van der Waals surface area contributed by atoms with E-state index in [9.17, 15) is 9.90 Å². The fraction of sp³-hybridized carbons (Fsp3) is 0.667. The number of β-amino-alcohol motifs (C(OH)–C–C–N with tert-alkyl or cyclic N) is 1. The van der Waals surface area contributed by atoms with Crippen molar-refractivity contribution in [2.45, 2.75) is 25.4 Å². The van der Waals surface area contributed by atoms with Gasteiger partial charge in [-0.05, 0) is 13.3 Å². The topological polar surface area (TPSA) is 40.5 Å². The number of terminal acetylenes is 1. The largest absolute Gasteiger partial charge is 0.388 e. The van der Waals surface area contributed by atoms with Crippen LogP contribution in [0.5, 0.6) is 0 Å². The Labute approximate surface area is 72.4 Å². The summed E-state index contributed by atoms with van der Waals surface area (Å²) in [5, 5.41) is 9.54. The first-order valence-electron chi connectivity index (χ1n) is 3.99. The average molecular weight is 167 g/mol. The maximum atomic E-state index is 11.2. The van der Waals surface area contributed by atoms with Gasteiger partial charge in [-0.3, -0.25) is 4.79 Å². The van der Waals surface area contributed by atoms with Crippen LogP contribution < -0.4 is 0 Å². The SMILES string of the molecule is C#CCC(=O)N1CCC(C)(O)C1. The molecule has 0 aromatic carbocycles. The van der Waals surface area contributed by atoms with Gasteiger partial charge >= 0.3 is 0 Å². The lowest BCUT2D eigenvalue weighted by atomic mass is 10.1. The van der Waals surface area contributed by atoms with Crippen molar-refractivity contribution in [2.24, 2.45) is 0 Å². The van der Waals surface area contributed by atoms with Gasteiger partial charge in [0.05, 0.1) is 12.0 Å². The van der Waals surface area contributed by atoms with Gasteiger partial charge in [0.25, 0.3) is 0 Å². The third-order valence-electron chi connectivity index (χ3n) is 2.06. The molecule has 12 heavy (non-hydrogen) atoms. The number of carbonyl (C=O) groups is 1. The Hall–Kier alpha value is -1.01. The third-order valence-corrected chi connectivity index (χ3v) is 2.06. The lowest BCUT2D eigenvalue weighted by Gasteiger charge is -2.17. The molecule has 1 aliphatic heterocycles. The maximum absolute atomic E-state index is 11.2.